The number of hydrogen-bond acceptors (Lipinski definition) is 6. The molecule has 20 heavy (non-hydrogen) atoms. The molecule has 0 saturated heterocycles. The minimum Gasteiger partial charge on any atom is -0.382 e. The zero-order valence-electron chi connectivity index (χ0n) is 11.8. The van der Waals surface area contributed by atoms with Crippen molar-refractivity contribution in [2.75, 3.05) is 23.7 Å². The van der Waals surface area contributed by atoms with Crippen LogP contribution in [-0.4, -0.2) is 33.1 Å². The van der Waals surface area contributed by atoms with Crippen molar-refractivity contribution in [2.24, 2.45) is 0 Å². The lowest BCUT2D eigenvalue weighted by Crippen LogP contribution is -2.23. The average Bonchev–Trinajstić information content (AvgIpc) is 2.78. The highest BCUT2D eigenvalue weighted by molar-refractivity contribution is 5.66. The summed E-state index contributed by atoms with van der Waals surface area (Å²) in [7, 11) is 0. The highest BCUT2D eigenvalue weighted by Crippen LogP contribution is 2.26. The van der Waals surface area contributed by atoms with Crippen LogP contribution in [0.25, 0.3) is 5.82 Å². The average molecular weight is 271 g/mol. The van der Waals surface area contributed by atoms with Gasteiger partial charge in [0.1, 0.15) is 17.5 Å². The van der Waals surface area contributed by atoms with Crippen LogP contribution >= 0.6 is 0 Å². The Kier molecular flexibility index (Phi) is 3.84. The molecule has 7 nitrogen and oxygen atoms in total. The molecule has 0 atom stereocenters. The predicted octanol–water partition coefficient (Wildman–Crippen LogP) is 1.27. The topological polar surface area (TPSA) is 96.7 Å². The summed E-state index contributed by atoms with van der Waals surface area (Å²) in [5.74, 6) is 1.37. The van der Waals surface area contributed by atoms with Gasteiger partial charge in [-0.2, -0.15) is 15.0 Å². The third kappa shape index (κ3) is 2.28. The largest absolute Gasteiger partial charge is 0.382 e. The van der Waals surface area contributed by atoms with Crippen LogP contribution in [0.15, 0.2) is 12.1 Å². The van der Waals surface area contributed by atoms with Crippen LogP contribution in [0.5, 0.6) is 0 Å². The second-order valence-electron chi connectivity index (χ2n) is 4.31. The van der Waals surface area contributed by atoms with E-state index in [4.69, 9.17) is 5.73 Å². The maximum absolute atomic E-state index is 9.30. The smallest absolute Gasteiger partial charge is 0.178 e. The van der Waals surface area contributed by atoms with Crippen molar-refractivity contribution in [1.29, 1.82) is 5.26 Å². The molecular formula is C13H17N7. The zero-order valence-corrected chi connectivity index (χ0v) is 11.8. The number of hydrogen-bond donors (Lipinski definition) is 1. The number of anilines is 2. The molecule has 0 aliphatic rings. The monoisotopic (exact) mass is 271 g/mol. The van der Waals surface area contributed by atoms with Crippen molar-refractivity contribution in [3.05, 3.63) is 23.4 Å². The fourth-order valence-corrected chi connectivity index (χ4v) is 1.95. The Morgan fingerprint density at radius 3 is 2.50 bits per heavy atom. The first-order chi connectivity index (χ1) is 9.62. The molecule has 2 aromatic rings. The summed E-state index contributed by atoms with van der Waals surface area (Å²) in [6, 6.07) is 5.72. The first-order valence-electron chi connectivity index (χ1n) is 6.46. The Hall–Kier alpha value is -2.62. The van der Waals surface area contributed by atoms with Crippen LogP contribution in [0.4, 0.5) is 11.6 Å². The molecule has 0 aliphatic carbocycles. The minimum atomic E-state index is 0.285. The molecule has 2 rings (SSSR count). The number of nitrogen functional groups attached to an aromatic ring is 1. The van der Waals surface area contributed by atoms with E-state index in [-0.39, 0.29) is 5.82 Å². The number of nitrogens with two attached hydrogens (primary N) is 1. The maximum Gasteiger partial charge on any atom is 0.178 e. The van der Waals surface area contributed by atoms with Gasteiger partial charge in [-0.3, -0.25) is 0 Å². The fourth-order valence-electron chi connectivity index (χ4n) is 1.95. The normalized spacial score (nSPS) is 10.3. The highest BCUT2D eigenvalue weighted by atomic mass is 15.4. The van der Waals surface area contributed by atoms with Gasteiger partial charge in [-0.25, -0.2) is 0 Å². The van der Waals surface area contributed by atoms with E-state index in [9.17, 15) is 5.26 Å². The quantitative estimate of drug-likeness (QED) is 0.899. The number of nitriles is 1. The Balaban J connectivity index is 2.56. The van der Waals surface area contributed by atoms with Crippen molar-refractivity contribution in [2.45, 2.75) is 20.8 Å². The number of nitrogens with zero attached hydrogens (tertiary/aromatic N) is 6. The van der Waals surface area contributed by atoms with E-state index in [0.29, 0.717) is 17.2 Å². The second kappa shape index (κ2) is 5.57. The molecule has 0 unspecified atom stereocenters. The molecule has 0 fully saturated rings. The molecule has 2 heterocycles. The van der Waals surface area contributed by atoms with Gasteiger partial charge in [0.15, 0.2) is 11.6 Å². The summed E-state index contributed by atoms with van der Waals surface area (Å²) in [5.41, 5.74) is 7.20. The van der Waals surface area contributed by atoms with Gasteiger partial charge in [0.05, 0.1) is 5.69 Å². The van der Waals surface area contributed by atoms with Crippen LogP contribution in [0.1, 0.15) is 25.1 Å². The fraction of sp³-hybridized carbons (Fsp3) is 0.385. The van der Waals surface area contributed by atoms with E-state index in [1.54, 1.807) is 6.07 Å². The molecule has 7 heteroatoms. The van der Waals surface area contributed by atoms with Crippen molar-refractivity contribution in [3.63, 3.8) is 0 Å². The van der Waals surface area contributed by atoms with E-state index < -0.39 is 0 Å². The Labute approximate surface area is 117 Å². The van der Waals surface area contributed by atoms with Crippen LogP contribution in [-0.2, 0) is 0 Å². The molecule has 0 spiro atoms. The van der Waals surface area contributed by atoms with Gasteiger partial charge in [-0.05, 0) is 32.9 Å². The lowest BCUT2D eigenvalue weighted by molar-refractivity contribution is 0.781. The minimum absolute atomic E-state index is 0.285. The van der Waals surface area contributed by atoms with Gasteiger partial charge < -0.3 is 10.6 Å². The summed E-state index contributed by atoms with van der Waals surface area (Å²) in [6.07, 6.45) is 0. The molecule has 0 saturated carbocycles. The van der Waals surface area contributed by atoms with Crippen LogP contribution in [0.3, 0.4) is 0 Å². The van der Waals surface area contributed by atoms with E-state index in [0.717, 1.165) is 18.8 Å². The molecule has 2 aromatic heterocycles. The molecular weight excluding hydrogens is 254 g/mol. The first-order valence-corrected chi connectivity index (χ1v) is 6.46. The van der Waals surface area contributed by atoms with Gasteiger partial charge in [0.25, 0.3) is 0 Å². The third-order valence-electron chi connectivity index (χ3n) is 3.08. The van der Waals surface area contributed by atoms with Crippen LogP contribution in [0, 0.1) is 18.3 Å². The Morgan fingerprint density at radius 2 is 2.00 bits per heavy atom. The lowest BCUT2D eigenvalue weighted by atomic mass is 10.3. The van der Waals surface area contributed by atoms with Gasteiger partial charge in [0, 0.05) is 13.1 Å². The van der Waals surface area contributed by atoms with Gasteiger partial charge >= 0.3 is 0 Å². The molecule has 0 amide bonds. The van der Waals surface area contributed by atoms with E-state index in [1.807, 2.05) is 31.7 Å². The van der Waals surface area contributed by atoms with Crippen molar-refractivity contribution in [1.82, 2.24) is 20.0 Å². The maximum atomic E-state index is 9.30. The van der Waals surface area contributed by atoms with Crippen molar-refractivity contribution < 1.29 is 0 Å². The number of rotatable bonds is 4. The van der Waals surface area contributed by atoms with E-state index >= 15 is 0 Å². The standard InChI is InChI=1S/C13H17N7/c1-4-19(5-2)13-10(8-14)12(15)20(18-13)11-7-6-9(3)16-17-11/h6-7H,4-5,15H2,1-3H3. The van der Waals surface area contributed by atoms with Crippen LogP contribution < -0.4 is 10.6 Å². The van der Waals surface area contributed by atoms with E-state index in [2.05, 4.69) is 21.4 Å². The molecule has 0 aliphatic heterocycles. The number of aryl methyl sites for hydroxylation is 1. The second-order valence-corrected chi connectivity index (χ2v) is 4.31. The molecule has 2 N–H and O–H groups in total. The molecule has 0 bridgehead atoms. The van der Waals surface area contributed by atoms with Gasteiger partial charge in [-0.15, -0.1) is 10.2 Å². The Bertz CT molecular complexity index is 632. The van der Waals surface area contributed by atoms with Crippen molar-refractivity contribution >= 4 is 11.6 Å². The predicted molar refractivity (Wildman–Crippen MR) is 76.6 cm³/mol. The lowest BCUT2D eigenvalue weighted by Gasteiger charge is -2.17. The highest BCUT2D eigenvalue weighted by Gasteiger charge is 2.20. The van der Waals surface area contributed by atoms with Gasteiger partial charge in [-0.1, -0.05) is 0 Å². The summed E-state index contributed by atoms with van der Waals surface area (Å²) < 4.78 is 1.46. The van der Waals surface area contributed by atoms with Gasteiger partial charge in [0.2, 0.25) is 0 Å². The number of aromatic nitrogens is 4. The Morgan fingerprint density at radius 1 is 1.30 bits per heavy atom. The van der Waals surface area contributed by atoms with E-state index in [1.165, 1.54) is 4.68 Å². The zero-order chi connectivity index (χ0) is 14.7. The summed E-state index contributed by atoms with van der Waals surface area (Å²) >= 11 is 0. The first kappa shape index (κ1) is 13.8. The van der Waals surface area contributed by atoms with Crippen LogP contribution in [0.2, 0.25) is 0 Å². The van der Waals surface area contributed by atoms with Crippen molar-refractivity contribution in [3.8, 4) is 11.9 Å². The molecule has 0 aromatic carbocycles. The molecule has 0 radical (unpaired) electrons. The third-order valence-corrected chi connectivity index (χ3v) is 3.08. The molecule has 104 valence electrons. The summed E-state index contributed by atoms with van der Waals surface area (Å²) in [5, 5.41) is 21.7. The summed E-state index contributed by atoms with van der Waals surface area (Å²) in [6.45, 7) is 7.37. The SMILES string of the molecule is CCN(CC)c1nn(-c2ccc(C)nn2)c(N)c1C#N. The summed E-state index contributed by atoms with van der Waals surface area (Å²) in [4.78, 5) is 1.98.